The lowest BCUT2D eigenvalue weighted by molar-refractivity contribution is -0.122. The van der Waals surface area contributed by atoms with E-state index in [0.29, 0.717) is 18.1 Å². The highest BCUT2D eigenvalue weighted by Crippen LogP contribution is 2.33. The van der Waals surface area contributed by atoms with Crippen molar-refractivity contribution in [3.63, 3.8) is 0 Å². The summed E-state index contributed by atoms with van der Waals surface area (Å²) in [6, 6.07) is 24.5. The maximum Gasteiger partial charge on any atom is 0.241 e. The average molecular weight is 393 g/mol. The monoisotopic (exact) mass is 392 g/mol. The van der Waals surface area contributed by atoms with Crippen molar-refractivity contribution in [2.75, 3.05) is 18.0 Å². The van der Waals surface area contributed by atoms with Gasteiger partial charge in [0.15, 0.2) is 0 Å². The molecule has 1 amide bonds. The van der Waals surface area contributed by atoms with Crippen molar-refractivity contribution in [3.8, 4) is 5.75 Å². The summed E-state index contributed by atoms with van der Waals surface area (Å²) in [5.41, 5.74) is 2.99. The van der Waals surface area contributed by atoms with E-state index >= 15 is 0 Å². The Hall–Kier alpha value is -2.82. The van der Waals surface area contributed by atoms with Gasteiger partial charge < -0.3 is 10.0 Å². The molecule has 1 aliphatic rings. The molecule has 0 bridgehead atoms. The van der Waals surface area contributed by atoms with E-state index in [9.17, 15) is 9.90 Å². The highest BCUT2D eigenvalue weighted by Gasteiger charge is 2.34. The largest absolute Gasteiger partial charge is 0.508 e. The molecule has 1 heterocycles. The molecule has 0 aliphatic carbocycles. The van der Waals surface area contributed by atoms with Crippen molar-refractivity contribution in [2.45, 2.75) is 12.6 Å². The van der Waals surface area contributed by atoms with E-state index in [-0.39, 0.29) is 17.7 Å². The van der Waals surface area contributed by atoms with Crippen LogP contribution in [0.2, 0.25) is 5.02 Å². The Morgan fingerprint density at radius 1 is 0.929 bits per heavy atom. The van der Waals surface area contributed by atoms with Gasteiger partial charge in [0.25, 0.3) is 0 Å². The molecule has 1 aliphatic heterocycles. The van der Waals surface area contributed by atoms with E-state index in [4.69, 9.17) is 11.6 Å². The third-order valence-corrected chi connectivity index (χ3v) is 5.25. The number of aromatic hydroxyl groups is 1. The Labute approximate surface area is 169 Å². The third kappa shape index (κ3) is 4.03. The number of rotatable bonds is 4. The standard InChI is InChI=1S/C23H21ClN2O2/c24-19-8-6-18(7-9-19)22-15-25(14-17-4-2-1-3-5-17)16-23(28)26(22)20-10-12-21(27)13-11-20/h1-13,22,27H,14-16H2/t22-/m0/s1. The van der Waals surface area contributed by atoms with Gasteiger partial charge in [0.2, 0.25) is 5.91 Å². The molecule has 0 saturated carbocycles. The molecule has 4 nitrogen and oxygen atoms in total. The fourth-order valence-electron chi connectivity index (χ4n) is 3.67. The Balaban J connectivity index is 1.66. The van der Waals surface area contributed by atoms with Crippen LogP contribution in [0.25, 0.3) is 0 Å². The third-order valence-electron chi connectivity index (χ3n) is 5.00. The SMILES string of the molecule is O=C1CN(Cc2ccccc2)C[C@@H](c2ccc(Cl)cc2)N1c1ccc(O)cc1. The quantitative estimate of drug-likeness (QED) is 0.703. The van der Waals surface area contributed by atoms with Gasteiger partial charge in [-0.3, -0.25) is 9.69 Å². The number of carbonyl (C=O) groups excluding carboxylic acids is 1. The minimum Gasteiger partial charge on any atom is -0.508 e. The zero-order valence-corrected chi connectivity index (χ0v) is 16.1. The van der Waals surface area contributed by atoms with Gasteiger partial charge in [0, 0.05) is 23.8 Å². The number of carbonyl (C=O) groups is 1. The van der Waals surface area contributed by atoms with Gasteiger partial charge in [-0.15, -0.1) is 0 Å². The maximum absolute atomic E-state index is 13.1. The number of phenols is 1. The van der Waals surface area contributed by atoms with Gasteiger partial charge in [-0.05, 0) is 47.5 Å². The van der Waals surface area contributed by atoms with E-state index in [2.05, 4.69) is 17.0 Å². The Kier molecular flexibility index (Phi) is 5.33. The first-order valence-electron chi connectivity index (χ1n) is 9.23. The van der Waals surface area contributed by atoms with Crippen molar-refractivity contribution in [2.24, 2.45) is 0 Å². The minimum absolute atomic E-state index is 0.0350. The summed E-state index contributed by atoms with van der Waals surface area (Å²) in [5, 5.41) is 10.3. The summed E-state index contributed by atoms with van der Waals surface area (Å²) in [7, 11) is 0. The zero-order chi connectivity index (χ0) is 19.5. The van der Waals surface area contributed by atoms with Crippen LogP contribution in [-0.2, 0) is 11.3 Å². The number of anilines is 1. The fraction of sp³-hybridized carbons (Fsp3) is 0.174. The van der Waals surface area contributed by atoms with Crippen LogP contribution in [0.4, 0.5) is 5.69 Å². The highest BCUT2D eigenvalue weighted by atomic mass is 35.5. The predicted octanol–water partition coefficient (Wildman–Crippen LogP) is 4.64. The van der Waals surface area contributed by atoms with Gasteiger partial charge in [0.05, 0.1) is 12.6 Å². The molecule has 1 N–H and O–H groups in total. The molecule has 28 heavy (non-hydrogen) atoms. The average Bonchev–Trinajstić information content (AvgIpc) is 2.70. The number of hydrogen-bond acceptors (Lipinski definition) is 3. The van der Waals surface area contributed by atoms with Crippen molar-refractivity contribution in [1.82, 2.24) is 4.90 Å². The molecule has 1 fully saturated rings. The minimum atomic E-state index is -0.133. The molecule has 3 aromatic rings. The summed E-state index contributed by atoms with van der Waals surface area (Å²) >= 11 is 6.07. The van der Waals surface area contributed by atoms with Gasteiger partial charge in [-0.1, -0.05) is 54.1 Å². The Morgan fingerprint density at radius 3 is 2.29 bits per heavy atom. The first-order valence-corrected chi connectivity index (χ1v) is 9.61. The molecule has 1 atom stereocenters. The van der Waals surface area contributed by atoms with Crippen LogP contribution in [-0.4, -0.2) is 29.0 Å². The normalized spacial score (nSPS) is 17.7. The second-order valence-electron chi connectivity index (χ2n) is 7.00. The summed E-state index contributed by atoms with van der Waals surface area (Å²) in [4.78, 5) is 17.1. The summed E-state index contributed by atoms with van der Waals surface area (Å²) in [6.45, 7) is 1.78. The number of amides is 1. The summed E-state index contributed by atoms with van der Waals surface area (Å²) in [6.07, 6.45) is 0. The molecule has 142 valence electrons. The Morgan fingerprint density at radius 2 is 1.61 bits per heavy atom. The molecule has 5 heteroatoms. The van der Waals surface area contributed by atoms with Crippen molar-refractivity contribution >= 4 is 23.2 Å². The van der Waals surface area contributed by atoms with Crippen molar-refractivity contribution in [3.05, 3.63) is 95.0 Å². The van der Waals surface area contributed by atoms with E-state index in [1.807, 2.05) is 47.4 Å². The molecule has 0 unspecified atom stereocenters. The summed E-state index contributed by atoms with van der Waals surface area (Å²) in [5.74, 6) is 0.217. The lowest BCUT2D eigenvalue weighted by atomic mass is 10.0. The van der Waals surface area contributed by atoms with Crippen LogP contribution < -0.4 is 4.90 Å². The number of halogens is 1. The van der Waals surface area contributed by atoms with Crippen LogP contribution >= 0.6 is 11.6 Å². The lowest BCUT2D eigenvalue weighted by Gasteiger charge is -2.41. The first kappa shape index (κ1) is 18.5. The van der Waals surface area contributed by atoms with Gasteiger partial charge in [-0.25, -0.2) is 0 Å². The zero-order valence-electron chi connectivity index (χ0n) is 15.3. The van der Waals surface area contributed by atoms with Crippen LogP contribution in [0.3, 0.4) is 0 Å². The number of nitrogens with zero attached hydrogens (tertiary/aromatic N) is 2. The van der Waals surface area contributed by atoms with E-state index in [0.717, 1.165) is 17.8 Å². The van der Waals surface area contributed by atoms with E-state index in [1.54, 1.807) is 24.3 Å². The highest BCUT2D eigenvalue weighted by molar-refractivity contribution is 6.30. The number of benzene rings is 3. The van der Waals surface area contributed by atoms with Crippen LogP contribution in [0.1, 0.15) is 17.2 Å². The molecule has 0 spiro atoms. The van der Waals surface area contributed by atoms with E-state index in [1.165, 1.54) is 5.56 Å². The van der Waals surface area contributed by atoms with Crippen LogP contribution in [0.5, 0.6) is 5.75 Å². The van der Waals surface area contributed by atoms with Crippen LogP contribution in [0, 0.1) is 0 Å². The fourth-order valence-corrected chi connectivity index (χ4v) is 3.80. The summed E-state index contributed by atoms with van der Waals surface area (Å²) < 4.78 is 0. The molecule has 4 rings (SSSR count). The van der Waals surface area contributed by atoms with Gasteiger partial charge in [0.1, 0.15) is 5.75 Å². The number of hydrogen-bond donors (Lipinski definition) is 1. The molecule has 0 aromatic heterocycles. The van der Waals surface area contributed by atoms with Crippen molar-refractivity contribution in [1.29, 1.82) is 0 Å². The first-order chi connectivity index (χ1) is 13.6. The van der Waals surface area contributed by atoms with Gasteiger partial charge >= 0.3 is 0 Å². The Bertz CT molecular complexity index is 943. The van der Waals surface area contributed by atoms with Gasteiger partial charge in [-0.2, -0.15) is 0 Å². The van der Waals surface area contributed by atoms with Crippen molar-refractivity contribution < 1.29 is 9.90 Å². The second-order valence-corrected chi connectivity index (χ2v) is 7.44. The van der Waals surface area contributed by atoms with E-state index < -0.39 is 0 Å². The maximum atomic E-state index is 13.1. The molecular weight excluding hydrogens is 372 g/mol. The second kappa shape index (κ2) is 8.05. The lowest BCUT2D eigenvalue weighted by Crippen LogP contribution is -2.52. The van der Waals surface area contributed by atoms with Crippen LogP contribution in [0.15, 0.2) is 78.9 Å². The number of piperazine rings is 1. The topological polar surface area (TPSA) is 43.8 Å². The molecule has 3 aromatic carbocycles. The molecular formula is C23H21ClN2O2. The number of phenolic OH excluding ortho intramolecular Hbond substituents is 1. The smallest absolute Gasteiger partial charge is 0.241 e. The predicted molar refractivity (Wildman–Crippen MR) is 112 cm³/mol. The molecule has 0 radical (unpaired) electrons. The molecule has 1 saturated heterocycles.